The maximum absolute atomic E-state index is 11.8. The Labute approximate surface area is 108 Å². The van der Waals surface area contributed by atoms with Gasteiger partial charge in [0.25, 0.3) is 5.91 Å². The van der Waals surface area contributed by atoms with E-state index in [4.69, 9.17) is 4.74 Å². The molecule has 0 atom stereocenters. The van der Waals surface area contributed by atoms with Crippen molar-refractivity contribution in [2.75, 3.05) is 19.7 Å². The zero-order valence-electron chi connectivity index (χ0n) is 9.96. The highest BCUT2D eigenvalue weighted by Crippen LogP contribution is 2.24. The number of ether oxygens (including phenoxy) is 1. The zero-order valence-corrected chi connectivity index (χ0v) is 9.96. The van der Waals surface area contributed by atoms with E-state index >= 15 is 0 Å². The van der Waals surface area contributed by atoms with Crippen molar-refractivity contribution in [3.63, 3.8) is 0 Å². The highest BCUT2D eigenvalue weighted by atomic mass is 16.5. The van der Waals surface area contributed by atoms with E-state index in [0.717, 1.165) is 4.90 Å². The second kappa shape index (κ2) is 5.38. The molecular weight excluding hydrogens is 252 g/mol. The summed E-state index contributed by atoms with van der Waals surface area (Å²) in [5.41, 5.74) is 0. The van der Waals surface area contributed by atoms with Crippen LogP contribution in [0.5, 0.6) is 11.5 Å². The summed E-state index contributed by atoms with van der Waals surface area (Å²) in [7, 11) is 0. The fourth-order valence-corrected chi connectivity index (χ4v) is 1.62. The third-order valence-corrected chi connectivity index (χ3v) is 2.52. The van der Waals surface area contributed by atoms with E-state index in [2.05, 4.69) is 5.32 Å². The summed E-state index contributed by atoms with van der Waals surface area (Å²) in [6.07, 6.45) is 0. The van der Waals surface area contributed by atoms with Gasteiger partial charge in [0.15, 0.2) is 18.1 Å². The van der Waals surface area contributed by atoms with Gasteiger partial charge in [0.2, 0.25) is 11.8 Å². The van der Waals surface area contributed by atoms with Crippen LogP contribution < -0.4 is 10.1 Å². The third-order valence-electron chi connectivity index (χ3n) is 2.52. The molecule has 0 radical (unpaired) electrons. The van der Waals surface area contributed by atoms with Gasteiger partial charge in [0.05, 0.1) is 0 Å². The van der Waals surface area contributed by atoms with E-state index < -0.39 is 17.7 Å². The molecule has 3 amide bonds. The maximum Gasteiger partial charge on any atom is 0.261 e. The number of hydrogen-bond acceptors (Lipinski definition) is 5. The average Bonchev–Trinajstić information content (AvgIpc) is 2.36. The van der Waals surface area contributed by atoms with Crippen LogP contribution >= 0.6 is 0 Å². The van der Waals surface area contributed by atoms with Gasteiger partial charge in [0.1, 0.15) is 13.1 Å². The van der Waals surface area contributed by atoms with Gasteiger partial charge in [-0.15, -0.1) is 0 Å². The summed E-state index contributed by atoms with van der Waals surface area (Å²) in [6, 6.07) is 6.21. The van der Waals surface area contributed by atoms with Crippen LogP contribution in [0.15, 0.2) is 24.3 Å². The Morgan fingerprint density at radius 3 is 2.53 bits per heavy atom. The van der Waals surface area contributed by atoms with Crippen LogP contribution in [-0.2, 0) is 14.4 Å². The Morgan fingerprint density at radius 1 is 1.26 bits per heavy atom. The molecule has 0 aromatic heterocycles. The summed E-state index contributed by atoms with van der Waals surface area (Å²) < 4.78 is 5.14. The van der Waals surface area contributed by atoms with Crippen molar-refractivity contribution in [1.29, 1.82) is 0 Å². The van der Waals surface area contributed by atoms with Crippen LogP contribution in [0.3, 0.4) is 0 Å². The van der Waals surface area contributed by atoms with Gasteiger partial charge in [-0.05, 0) is 12.1 Å². The molecule has 0 bridgehead atoms. The first-order valence-corrected chi connectivity index (χ1v) is 5.57. The predicted molar refractivity (Wildman–Crippen MR) is 63.3 cm³/mol. The molecule has 7 heteroatoms. The van der Waals surface area contributed by atoms with E-state index in [0.29, 0.717) is 0 Å². The first-order chi connectivity index (χ1) is 9.06. The quantitative estimate of drug-likeness (QED) is 0.701. The second-order valence-corrected chi connectivity index (χ2v) is 3.98. The fraction of sp³-hybridized carbons (Fsp3) is 0.250. The number of amides is 3. The normalized spacial score (nSPS) is 15.1. The summed E-state index contributed by atoms with van der Waals surface area (Å²) in [6.45, 7) is -0.693. The third kappa shape index (κ3) is 3.21. The average molecular weight is 264 g/mol. The highest BCUT2D eigenvalue weighted by molar-refractivity contribution is 6.02. The van der Waals surface area contributed by atoms with Crippen molar-refractivity contribution in [2.24, 2.45) is 0 Å². The largest absolute Gasteiger partial charge is 0.504 e. The number of aromatic hydroxyl groups is 1. The molecule has 1 saturated heterocycles. The van der Waals surface area contributed by atoms with Gasteiger partial charge in [-0.25, -0.2) is 0 Å². The van der Waals surface area contributed by atoms with E-state index in [9.17, 15) is 19.5 Å². The molecule has 0 unspecified atom stereocenters. The summed E-state index contributed by atoms with van der Waals surface area (Å²) in [4.78, 5) is 35.1. The Kier molecular flexibility index (Phi) is 3.65. The molecule has 1 aromatic carbocycles. The molecule has 1 aromatic rings. The standard InChI is InChI=1S/C12H12N2O5/c15-8-3-1-2-4-9(8)19-7-12(18)14-5-10(16)13-11(17)6-14/h1-4,15H,5-7H2,(H,13,16,17). The number of benzene rings is 1. The zero-order chi connectivity index (χ0) is 13.8. The molecule has 100 valence electrons. The molecular formula is C12H12N2O5. The first kappa shape index (κ1) is 12.9. The molecule has 1 heterocycles. The number of imide groups is 1. The Morgan fingerprint density at radius 2 is 1.89 bits per heavy atom. The topological polar surface area (TPSA) is 95.9 Å². The van der Waals surface area contributed by atoms with Crippen LogP contribution in [0.4, 0.5) is 0 Å². The van der Waals surface area contributed by atoms with Crippen molar-refractivity contribution in [2.45, 2.75) is 0 Å². The van der Waals surface area contributed by atoms with Crippen molar-refractivity contribution in [3.8, 4) is 11.5 Å². The van der Waals surface area contributed by atoms with Gasteiger partial charge >= 0.3 is 0 Å². The minimum atomic E-state index is -0.521. The van der Waals surface area contributed by atoms with Gasteiger partial charge < -0.3 is 14.7 Å². The van der Waals surface area contributed by atoms with Gasteiger partial charge in [-0.2, -0.15) is 0 Å². The highest BCUT2D eigenvalue weighted by Gasteiger charge is 2.26. The number of para-hydroxylation sites is 2. The smallest absolute Gasteiger partial charge is 0.261 e. The maximum atomic E-state index is 11.8. The van der Waals surface area contributed by atoms with Gasteiger partial charge in [-0.3, -0.25) is 19.7 Å². The van der Waals surface area contributed by atoms with Gasteiger partial charge in [0, 0.05) is 0 Å². The predicted octanol–water partition coefficient (Wildman–Crippen LogP) is -0.744. The molecule has 0 saturated carbocycles. The van der Waals surface area contributed by atoms with E-state index in [1.54, 1.807) is 12.1 Å². The molecule has 19 heavy (non-hydrogen) atoms. The number of hydrogen-bond donors (Lipinski definition) is 2. The lowest BCUT2D eigenvalue weighted by Gasteiger charge is -2.25. The first-order valence-electron chi connectivity index (χ1n) is 5.57. The second-order valence-electron chi connectivity index (χ2n) is 3.98. The summed E-state index contributed by atoms with van der Waals surface area (Å²) in [5, 5.41) is 11.5. The molecule has 2 N–H and O–H groups in total. The number of rotatable bonds is 3. The number of phenolic OH excluding ortho intramolecular Hbond substituents is 1. The summed E-state index contributed by atoms with van der Waals surface area (Å²) in [5.74, 6) is -1.45. The lowest BCUT2D eigenvalue weighted by Crippen LogP contribution is -2.54. The minimum Gasteiger partial charge on any atom is -0.504 e. The Hall–Kier alpha value is -2.57. The van der Waals surface area contributed by atoms with E-state index in [1.807, 2.05) is 0 Å². The van der Waals surface area contributed by atoms with Crippen molar-refractivity contribution < 1.29 is 24.2 Å². The van der Waals surface area contributed by atoms with Crippen molar-refractivity contribution >= 4 is 17.7 Å². The van der Waals surface area contributed by atoms with Gasteiger partial charge in [-0.1, -0.05) is 12.1 Å². The molecule has 7 nitrogen and oxygen atoms in total. The number of phenols is 1. The van der Waals surface area contributed by atoms with Crippen LogP contribution in [0, 0.1) is 0 Å². The van der Waals surface area contributed by atoms with Crippen LogP contribution in [-0.4, -0.2) is 47.4 Å². The molecule has 2 rings (SSSR count). The number of nitrogens with zero attached hydrogens (tertiary/aromatic N) is 1. The SMILES string of the molecule is O=C1CN(C(=O)COc2ccccc2O)CC(=O)N1. The minimum absolute atomic E-state index is 0.0808. The van der Waals surface area contributed by atoms with Crippen molar-refractivity contribution in [1.82, 2.24) is 10.2 Å². The number of nitrogens with one attached hydrogen (secondary N) is 1. The van der Waals surface area contributed by atoms with E-state index in [-0.39, 0.29) is 31.2 Å². The fourth-order valence-electron chi connectivity index (χ4n) is 1.62. The monoisotopic (exact) mass is 264 g/mol. The molecule has 0 aliphatic carbocycles. The number of piperazine rings is 1. The number of carbonyl (C=O) groups is 3. The van der Waals surface area contributed by atoms with Crippen molar-refractivity contribution in [3.05, 3.63) is 24.3 Å². The number of carbonyl (C=O) groups excluding carboxylic acids is 3. The molecule has 0 spiro atoms. The van der Waals surface area contributed by atoms with Crippen LogP contribution in [0.1, 0.15) is 0 Å². The molecule has 1 fully saturated rings. The lowest BCUT2D eigenvalue weighted by molar-refractivity contribution is -0.146. The Balaban J connectivity index is 1.93. The van der Waals surface area contributed by atoms with Crippen LogP contribution in [0.25, 0.3) is 0 Å². The Bertz CT molecular complexity index is 513. The molecule has 1 aliphatic heterocycles. The summed E-state index contributed by atoms with van der Waals surface area (Å²) >= 11 is 0. The van der Waals surface area contributed by atoms with E-state index in [1.165, 1.54) is 12.1 Å². The lowest BCUT2D eigenvalue weighted by atomic mass is 10.3. The van der Waals surface area contributed by atoms with Crippen LogP contribution in [0.2, 0.25) is 0 Å². The molecule has 1 aliphatic rings.